The van der Waals surface area contributed by atoms with E-state index in [1.807, 2.05) is 67.6 Å². The van der Waals surface area contributed by atoms with Crippen LogP contribution in [0.15, 0.2) is 60.7 Å². The molecule has 3 rings (SSSR count). The molecule has 0 bridgehead atoms. The molecular weight excluding hydrogens is 392 g/mol. The monoisotopic (exact) mass is 424 g/mol. The van der Waals surface area contributed by atoms with Crippen molar-refractivity contribution in [1.82, 2.24) is 10.6 Å². The number of hydrogen-bond donors (Lipinski definition) is 2. The average molecular weight is 425 g/mol. The lowest BCUT2D eigenvalue weighted by atomic mass is 9.86. The molecule has 4 atom stereocenters. The summed E-state index contributed by atoms with van der Waals surface area (Å²) in [4.78, 5) is 25.2. The van der Waals surface area contributed by atoms with Gasteiger partial charge in [-0.15, -0.1) is 0 Å². The molecule has 1 saturated carbocycles. The second kappa shape index (κ2) is 10.4. The van der Waals surface area contributed by atoms with Gasteiger partial charge >= 0.3 is 6.09 Å². The molecule has 31 heavy (non-hydrogen) atoms. The third-order valence-corrected chi connectivity index (χ3v) is 6.24. The zero-order valence-electron chi connectivity index (χ0n) is 18.5. The van der Waals surface area contributed by atoms with E-state index in [1.54, 1.807) is 7.11 Å². The van der Waals surface area contributed by atoms with Crippen LogP contribution in [0.3, 0.4) is 0 Å². The topological polar surface area (TPSA) is 76.7 Å². The van der Waals surface area contributed by atoms with Crippen molar-refractivity contribution in [2.45, 2.75) is 32.9 Å². The third-order valence-electron chi connectivity index (χ3n) is 6.24. The number of benzene rings is 2. The van der Waals surface area contributed by atoms with Gasteiger partial charge in [0, 0.05) is 19.6 Å². The van der Waals surface area contributed by atoms with Crippen LogP contribution in [0.5, 0.6) is 0 Å². The van der Waals surface area contributed by atoms with Crippen LogP contribution in [0.25, 0.3) is 0 Å². The minimum atomic E-state index is -0.457. The Bertz CT molecular complexity index is 858. The molecule has 0 spiro atoms. The van der Waals surface area contributed by atoms with Crippen molar-refractivity contribution >= 4 is 12.0 Å². The Labute approximate surface area is 184 Å². The van der Waals surface area contributed by atoms with E-state index in [0.29, 0.717) is 13.2 Å². The van der Waals surface area contributed by atoms with Gasteiger partial charge in [0.15, 0.2) is 0 Å². The predicted octanol–water partition coefficient (Wildman–Crippen LogP) is 4.08. The summed E-state index contributed by atoms with van der Waals surface area (Å²) in [6, 6.07) is 19.2. The Hall–Kier alpha value is -2.86. The molecule has 0 heterocycles. The van der Waals surface area contributed by atoms with Crippen LogP contribution in [0.2, 0.25) is 0 Å². The van der Waals surface area contributed by atoms with Crippen LogP contribution < -0.4 is 10.6 Å². The summed E-state index contributed by atoms with van der Waals surface area (Å²) in [6.07, 6.45) is 0.395. The van der Waals surface area contributed by atoms with Crippen LogP contribution in [0, 0.1) is 17.3 Å². The van der Waals surface area contributed by atoms with E-state index in [4.69, 9.17) is 9.47 Å². The molecule has 0 radical (unpaired) electrons. The van der Waals surface area contributed by atoms with Crippen LogP contribution in [0.1, 0.15) is 37.4 Å². The van der Waals surface area contributed by atoms with Crippen LogP contribution in [-0.4, -0.2) is 32.3 Å². The molecule has 0 aliphatic heterocycles. The molecule has 0 aromatic heterocycles. The second-order valence-electron chi connectivity index (χ2n) is 8.44. The maximum atomic E-state index is 12.6. The van der Waals surface area contributed by atoms with Gasteiger partial charge in [-0.2, -0.15) is 0 Å². The molecule has 166 valence electrons. The molecule has 0 saturated heterocycles. The zero-order valence-corrected chi connectivity index (χ0v) is 18.5. The van der Waals surface area contributed by atoms with Gasteiger partial charge in [-0.1, -0.05) is 74.5 Å². The number of carbonyl (C=O) groups is 2. The highest BCUT2D eigenvalue weighted by molar-refractivity contribution is 5.79. The number of amides is 2. The lowest BCUT2D eigenvalue weighted by molar-refractivity contribution is -0.125. The first kappa shape index (κ1) is 22.8. The molecule has 1 fully saturated rings. The molecule has 2 aromatic rings. The van der Waals surface area contributed by atoms with Gasteiger partial charge in [0.2, 0.25) is 5.91 Å². The van der Waals surface area contributed by atoms with E-state index in [0.717, 1.165) is 17.5 Å². The lowest BCUT2D eigenvalue weighted by Crippen LogP contribution is -2.37. The average Bonchev–Trinajstić information content (AvgIpc) is 3.49. The summed E-state index contributed by atoms with van der Waals surface area (Å²) in [5, 5.41) is 5.99. The lowest BCUT2D eigenvalue weighted by Gasteiger charge is -2.28. The fraction of sp³-hybridized carbons (Fsp3) is 0.440. The van der Waals surface area contributed by atoms with Crippen molar-refractivity contribution < 1.29 is 19.1 Å². The first-order chi connectivity index (χ1) is 15.0. The summed E-state index contributed by atoms with van der Waals surface area (Å²) in [5.41, 5.74) is 1.72. The van der Waals surface area contributed by atoms with E-state index >= 15 is 0 Å². The van der Waals surface area contributed by atoms with Gasteiger partial charge < -0.3 is 20.1 Å². The van der Waals surface area contributed by atoms with E-state index in [-0.39, 0.29) is 35.8 Å². The first-order valence-corrected chi connectivity index (χ1v) is 10.7. The molecular formula is C25H32N2O4. The minimum absolute atomic E-state index is 0.0178. The number of hydrogen-bond acceptors (Lipinski definition) is 4. The van der Waals surface area contributed by atoms with Crippen LogP contribution >= 0.6 is 0 Å². The summed E-state index contributed by atoms with van der Waals surface area (Å²) in [6.45, 7) is 5.28. The highest BCUT2D eigenvalue weighted by Gasteiger charge is 2.59. The maximum Gasteiger partial charge on any atom is 0.407 e. The van der Waals surface area contributed by atoms with Crippen LogP contribution in [-0.2, 0) is 20.9 Å². The van der Waals surface area contributed by atoms with E-state index in [2.05, 4.69) is 17.6 Å². The van der Waals surface area contributed by atoms with Crippen molar-refractivity contribution in [1.29, 1.82) is 0 Å². The molecule has 1 aliphatic rings. The Morgan fingerprint density at radius 2 is 1.74 bits per heavy atom. The van der Waals surface area contributed by atoms with Gasteiger partial charge in [0.1, 0.15) is 6.61 Å². The van der Waals surface area contributed by atoms with Crippen molar-refractivity contribution in [3.63, 3.8) is 0 Å². The molecule has 1 aliphatic carbocycles. The van der Waals surface area contributed by atoms with Gasteiger partial charge in [-0.3, -0.25) is 4.79 Å². The van der Waals surface area contributed by atoms with Crippen molar-refractivity contribution in [3.05, 3.63) is 71.8 Å². The largest absolute Gasteiger partial charge is 0.445 e. The predicted molar refractivity (Wildman–Crippen MR) is 119 cm³/mol. The summed E-state index contributed by atoms with van der Waals surface area (Å²) in [5.74, 6) is 0.0223. The third kappa shape index (κ3) is 5.85. The minimum Gasteiger partial charge on any atom is -0.445 e. The molecule has 6 nitrogen and oxygen atoms in total. The molecule has 2 aromatic carbocycles. The number of rotatable bonds is 10. The standard InChI is InChI=1S/C25H32N2O4/c1-18(23(28)26-14-15-30-3)21-16-25(21,2)22(20-12-8-5-9-13-20)27-24(29)31-17-19-10-6-4-7-11-19/h4-13,18,21-22H,14-17H2,1-3H3,(H,26,28)(H,27,29)/t18?,21?,22?,25-/m0/s1. The maximum absolute atomic E-state index is 12.6. The van der Waals surface area contributed by atoms with E-state index < -0.39 is 6.09 Å². The van der Waals surface area contributed by atoms with Gasteiger partial charge in [-0.25, -0.2) is 4.79 Å². The van der Waals surface area contributed by atoms with E-state index in [9.17, 15) is 9.59 Å². The highest BCUT2D eigenvalue weighted by Crippen LogP contribution is 2.63. The molecule has 6 heteroatoms. The number of ether oxygens (including phenoxy) is 2. The molecule has 3 unspecified atom stereocenters. The fourth-order valence-electron chi connectivity index (χ4n) is 4.27. The van der Waals surface area contributed by atoms with Crippen molar-refractivity contribution in [2.75, 3.05) is 20.3 Å². The van der Waals surface area contributed by atoms with E-state index in [1.165, 1.54) is 0 Å². The number of nitrogens with one attached hydrogen (secondary N) is 2. The Balaban J connectivity index is 1.67. The zero-order chi connectivity index (χ0) is 22.3. The first-order valence-electron chi connectivity index (χ1n) is 10.7. The molecule has 2 N–H and O–H groups in total. The molecule has 2 amide bonds. The smallest absolute Gasteiger partial charge is 0.407 e. The summed E-state index contributed by atoms with van der Waals surface area (Å²) < 4.78 is 10.5. The van der Waals surface area contributed by atoms with Gasteiger partial charge in [0.05, 0.1) is 12.6 Å². The quantitative estimate of drug-likeness (QED) is 0.564. The van der Waals surface area contributed by atoms with Crippen LogP contribution in [0.4, 0.5) is 4.79 Å². The normalized spacial score (nSPS) is 21.6. The highest BCUT2D eigenvalue weighted by atomic mass is 16.5. The summed E-state index contributed by atoms with van der Waals surface area (Å²) >= 11 is 0. The number of carbonyl (C=O) groups excluding carboxylic acids is 2. The Morgan fingerprint density at radius 3 is 2.39 bits per heavy atom. The Kier molecular flexibility index (Phi) is 7.69. The fourth-order valence-corrected chi connectivity index (χ4v) is 4.27. The number of methoxy groups -OCH3 is 1. The second-order valence-corrected chi connectivity index (χ2v) is 8.44. The Morgan fingerprint density at radius 1 is 1.10 bits per heavy atom. The van der Waals surface area contributed by atoms with Crippen molar-refractivity contribution in [2.24, 2.45) is 17.3 Å². The number of alkyl carbamates (subject to hydrolysis) is 1. The van der Waals surface area contributed by atoms with Gasteiger partial charge in [-0.05, 0) is 28.9 Å². The summed E-state index contributed by atoms with van der Waals surface area (Å²) in [7, 11) is 1.61. The SMILES string of the molecule is COCCNC(=O)C(C)C1C[C@]1(C)C(NC(=O)OCc1ccccc1)c1ccccc1. The van der Waals surface area contributed by atoms with Crippen molar-refractivity contribution in [3.8, 4) is 0 Å². The van der Waals surface area contributed by atoms with Gasteiger partial charge in [0.25, 0.3) is 0 Å².